The van der Waals surface area contributed by atoms with Crippen molar-refractivity contribution in [1.82, 2.24) is 0 Å². The van der Waals surface area contributed by atoms with Crippen molar-refractivity contribution in [3.8, 4) is 0 Å². The van der Waals surface area contributed by atoms with Crippen molar-refractivity contribution < 1.29 is 0 Å². The fourth-order valence-electron chi connectivity index (χ4n) is 1.51. The van der Waals surface area contributed by atoms with E-state index in [1.807, 2.05) is 12.1 Å². The van der Waals surface area contributed by atoms with Gasteiger partial charge < -0.3 is 0 Å². The Kier molecular flexibility index (Phi) is 9.00. The molecule has 0 heterocycles. The molecule has 0 atom stereocenters. The van der Waals surface area contributed by atoms with Crippen LogP contribution >= 0.6 is 34.2 Å². The molecular weight excluding hydrogens is 458 g/mol. The van der Waals surface area contributed by atoms with Crippen molar-refractivity contribution in [3.05, 3.63) is 37.0 Å². The first kappa shape index (κ1) is 15.8. The zero-order chi connectivity index (χ0) is 12.5. The Hall–Kier alpha value is 0.770. The summed E-state index contributed by atoms with van der Waals surface area (Å²) in [6.07, 6.45) is 6.69. The molecule has 0 nitrogen and oxygen atoms in total. The van der Waals surface area contributed by atoms with E-state index in [1.165, 1.54) is 35.7 Å². The van der Waals surface area contributed by atoms with Gasteiger partial charge >= 0.3 is 135 Å². The zero-order valence-corrected chi connectivity index (χ0v) is 15.3. The fourth-order valence-corrected chi connectivity index (χ4v) is 5.27. The summed E-state index contributed by atoms with van der Waals surface area (Å²) in [5.74, 6) is 0. The predicted molar refractivity (Wildman–Crippen MR) is 87.7 cm³/mol. The van der Waals surface area contributed by atoms with Crippen molar-refractivity contribution in [2.45, 2.75) is 39.0 Å². The molecular formula is C14H18ClITe. The number of allylic oxidation sites excluding steroid dienone is 1. The molecule has 1 rings (SSSR count). The Morgan fingerprint density at radius 3 is 2.53 bits per heavy atom. The normalized spacial score (nSPS) is 11.8. The summed E-state index contributed by atoms with van der Waals surface area (Å²) in [5, 5.41) is 0.837. The molecule has 3 heteroatoms. The van der Waals surface area contributed by atoms with Crippen molar-refractivity contribution in [1.29, 1.82) is 0 Å². The summed E-state index contributed by atoms with van der Waals surface area (Å²) in [6, 6.07) is 8.36. The number of hydrogen-bond acceptors (Lipinski definition) is 0. The maximum atomic E-state index is 5.90. The zero-order valence-electron chi connectivity index (χ0n) is 10.1. The average Bonchev–Trinajstić information content (AvgIpc) is 2.35. The summed E-state index contributed by atoms with van der Waals surface area (Å²) in [5.41, 5.74) is 0. The molecule has 0 fully saturated rings. The minimum absolute atomic E-state index is 0.169. The summed E-state index contributed by atoms with van der Waals surface area (Å²) in [7, 11) is 0. The Morgan fingerprint density at radius 1 is 1.24 bits per heavy atom. The second-order valence-electron chi connectivity index (χ2n) is 3.94. The van der Waals surface area contributed by atoms with E-state index < -0.39 is 0 Å². The van der Waals surface area contributed by atoms with E-state index >= 15 is 0 Å². The van der Waals surface area contributed by atoms with Gasteiger partial charge in [-0.2, -0.15) is 0 Å². The Labute approximate surface area is 133 Å². The van der Waals surface area contributed by atoms with E-state index in [1.54, 1.807) is 3.62 Å². The van der Waals surface area contributed by atoms with Gasteiger partial charge in [0.25, 0.3) is 0 Å². The van der Waals surface area contributed by atoms with Crippen LogP contribution in [-0.2, 0) is 0 Å². The molecule has 0 N–H and O–H groups in total. The molecule has 0 aliphatic heterocycles. The molecule has 0 amide bonds. The van der Waals surface area contributed by atoms with Gasteiger partial charge in [-0.15, -0.1) is 0 Å². The molecule has 0 saturated carbocycles. The summed E-state index contributed by atoms with van der Waals surface area (Å²) < 4.78 is 5.44. The van der Waals surface area contributed by atoms with Crippen LogP contribution in [0.4, 0.5) is 0 Å². The molecule has 0 aliphatic carbocycles. The summed E-state index contributed by atoms with van der Waals surface area (Å²) in [4.78, 5) is 0. The van der Waals surface area contributed by atoms with Gasteiger partial charge in [-0.3, -0.25) is 0 Å². The first-order chi connectivity index (χ1) is 8.26. The number of unbranched alkanes of at least 4 members (excludes halogenated alkanes) is 3. The fraction of sp³-hybridized carbons (Fsp3) is 0.429. The average molecular weight is 476 g/mol. The van der Waals surface area contributed by atoms with Crippen molar-refractivity contribution in [2.24, 2.45) is 0 Å². The summed E-state index contributed by atoms with van der Waals surface area (Å²) in [6.45, 7) is 2.26. The van der Waals surface area contributed by atoms with Gasteiger partial charge in [-0.05, 0) is 0 Å². The van der Waals surface area contributed by atoms with E-state index in [4.69, 9.17) is 11.6 Å². The SMILES string of the molecule is CCCCCC/C(=C\I)[Te]c1ccc(Cl)cc1. The number of hydrogen-bond donors (Lipinski definition) is 0. The van der Waals surface area contributed by atoms with Crippen LogP contribution in [0.15, 0.2) is 32.0 Å². The molecule has 0 spiro atoms. The molecule has 0 unspecified atom stereocenters. The number of halogens is 2. The third kappa shape index (κ3) is 7.06. The van der Waals surface area contributed by atoms with Crippen LogP contribution in [0.25, 0.3) is 0 Å². The van der Waals surface area contributed by atoms with E-state index in [-0.39, 0.29) is 20.9 Å². The van der Waals surface area contributed by atoms with E-state index in [2.05, 4.69) is 45.7 Å². The van der Waals surface area contributed by atoms with Crippen LogP contribution in [-0.4, -0.2) is 20.9 Å². The molecule has 0 aliphatic rings. The molecule has 0 saturated heterocycles. The Morgan fingerprint density at radius 2 is 1.94 bits per heavy atom. The van der Waals surface area contributed by atoms with Gasteiger partial charge in [0.2, 0.25) is 0 Å². The van der Waals surface area contributed by atoms with Gasteiger partial charge in [0.05, 0.1) is 0 Å². The molecule has 94 valence electrons. The standard InChI is InChI=1S/C14H18ClITe/c1-2-3-4-5-6-14(11-16)17-13-9-7-12(15)8-10-13/h7-11H,2-6H2,1H3/b14-11+. The van der Waals surface area contributed by atoms with Gasteiger partial charge in [0.1, 0.15) is 0 Å². The van der Waals surface area contributed by atoms with Gasteiger partial charge in [0, 0.05) is 0 Å². The maximum absolute atomic E-state index is 5.90. The quantitative estimate of drug-likeness (QED) is 0.298. The van der Waals surface area contributed by atoms with Gasteiger partial charge in [0.15, 0.2) is 0 Å². The van der Waals surface area contributed by atoms with E-state index in [0.29, 0.717) is 0 Å². The second-order valence-corrected chi connectivity index (χ2v) is 8.43. The number of rotatable bonds is 7. The van der Waals surface area contributed by atoms with Crippen LogP contribution in [0.5, 0.6) is 0 Å². The molecule has 1 aromatic carbocycles. The Bertz CT molecular complexity index is 346. The topological polar surface area (TPSA) is 0 Å². The minimum atomic E-state index is -0.169. The second kappa shape index (κ2) is 9.67. The molecule has 0 radical (unpaired) electrons. The summed E-state index contributed by atoms with van der Waals surface area (Å²) >= 11 is 8.12. The first-order valence-electron chi connectivity index (χ1n) is 5.99. The van der Waals surface area contributed by atoms with Crippen LogP contribution < -0.4 is 3.61 Å². The van der Waals surface area contributed by atoms with Crippen LogP contribution in [0.2, 0.25) is 5.02 Å². The van der Waals surface area contributed by atoms with E-state index in [0.717, 1.165) is 5.02 Å². The van der Waals surface area contributed by atoms with Crippen molar-refractivity contribution >= 4 is 58.7 Å². The molecule has 0 bridgehead atoms. The molecule has 0 aromatic heterocycles. The van der Waals surface area contributed by atoms with Gasteiger partial charge in [-0.1, -0.05) is 0 Å². The van der Waals surface area contributed by atoms with E-state index in [9.17, 15) is 0 Å². The van der Waals surface area contributed by atoms with Crippen molar-refractivity contribution in [3.63, 3.8) is 0 Å². The third-order valence-electron chi connectivity index (χ3n) is 2.46. The Balaban J connectivity index is 2.39. The van der Waals surface area contributed by atoms with Crippen molar-refractivity contribution in [2.75, 3.05) is 0 Å². The first-order valence-corrected chi connectivity index (χ1v) is 9.94. The number of benzene rings is 1. The third-order valence-corrected chi connectivity index (χ3v) is 7.89. The van der Waals surface area contributed by atoms with Gasteiger partial charge in [-0.25, -0.2) is 0 Å². The predicted octanol–water partition coefficient (Wildman–Crippen LogP) is 4.92. The monoisotopic (exact) mass is 478 g/mol. The van der Waals surface area contributed by atoms with Crippen LogP contribution in [0, 0.1) is 0 Å². The van der Waals surface area contributed by atoms with Crippen LogP contribution in [0.3, 0.4) is 0 Å². The molecule has 1 aromatic rings. The molecule has 17 heavy (non-hydrogen) atoms. The van der Waals surface area contributed by atoms with Crippen LogP contribution in [0.1, 0.15) is 39.0 Å².